The van der Waals surface area contributed by atoms with Gasteiger partial charge in [0.25, 0.3) is 0 Å². The lowest BCUT2D eigenvalue weighted by Gasteiger charge is -2.41. The maximum atomic E-state index is 13.4. The molecule has 2 amide bonds. The lowest BCUT2D eigenvalue weighted by atomic mass is 9.83. The van der Waals surface area contributed by atoms with Gasteiger partial charge >= 0.3 is 0 Å². The number of likely N-dealkylation sites (tertiary alicyclic amines) is 1. The van der Waals surface area contributed by atoms with E-state index in [1.807, 2.05) is 44.5 Å². The van der Waals surface area contributed by atoms with E-state index < -0.39 is 0 Å². The summed E-state index contributed by atoms with van der Waals surface area (Å²) in [6, 6.07) is 8.02. The minimum absolute atomic E-state index is 0.111. The first-order valence-electron chi connectivity index (χ1n) is 10.4. The summed E-state index contributed by atoms with van der Waals surface area (Å²) >= 11 is 0. The van der Waals surface area contributed by atoms with Crippen LogP contribution in [0, 0.1) is 26.7 Å². The van der Waals surface area contributed by atoms with Crippen LogP contribution in [0.25, 0.3) is 0 Å². The number of carbonyl (C=O) groups is 2. The number of H-pyrrole nitrogens is 1. The van der Waals surface area contributed by atoms with E-state index >= 15 is 0 Å². The van der Waals surface area contributed by atoms with Gasteiger partial charge in [-0.2, -0.15) is 5.10 Å². The molecule has 6 nitrogen and oxygen atoms in total. The van der Waals surface area contributed by atoms with Gasteiger partial charge in [-0.15, -0.1) is 0 Å². The quantitative estimate of drug-likeness (QED) is 0.814. The molecule has 0 spiro atoms. The fourth-order valence-electron chi connectivity index (χ4n) is 4.38. The standard InChI is InChI=1S/C23H32N4O2/c1-6-27-21(28)12-11-20(22(27)18-9-7-15(2)8-10-18)23(29)26(5)14-13-19-16(3)24-25-17(19)4/h7-10,20,22H,6,11-14H2,1-5H3,(H,24,25)/t20-,22+/m1/s1. The molecule has 2 aromatic rings. The largest absolute Gasteiger partial charge is 0.345 e. The van der Waals surface area contributed by atoms with Crippen LogP contribution in [-0.2, 0) is 16.0 Å². The van der Waals surface area contributed by atoms with Crippen LogP contribution in [0.2, 0.25) is 0 Å². The van der Waals surface area contributed by atoms with Crippen molar-refractivity contribution in [3.05, 3.63) is 52.3 Å². The molecule has 0 unspecified atom stereocenters. The Hall–Kier alpha value is -2.63. The van der Waals surface area contributed by atoms with Crippen molar-refractivity contribution in [3.8, 4) is 0 Å². The average Bonchev–Trinajstić information content (AvgIpc) is 3.03. The van der Waals surface area contributed by atoms with Gasteiger partial charge in [0, 0.05) is 32.3 Å². The molecule has 1 N–H and O–H groups in total. The van der Waals surface area contributed by atoms with E-state index in [4.69, 9.17) is 0 Å². The molecule has 2 atom stereocenters. The maximum Gasteiger partial charge on any atom is 0.227 e. The van der Waals surface area contributed by atoms with E-state index in [2.05, 4.69) is 34.5 Å². The molecule has 1 aromatic heterocycles. The van der Waals surface area contributed by atoms with Crippen LogP contribution >= 0.6 is 0 Å². The number of nitrogens with one attached hydrogen (secondary N) is 1. The normalized spacial score (nSPS) is 19.5. The Labute approximate surface area is 173 Å². The third kappa shape index (κ3) is 4.36. The zero-order valence-electron chi connectivity index (χ0n) is 18.2. The number of aryl methyl sites for hydroxylation is 3. The zero-order chi connectivity index (χ0) is 21.1. The number of aromatic nitrogens is 2. The highest BCUT2D eigenvalue weighted by Crippen LogP contribution is 2.37. The minimum atomic E-state index is -0.216. The molecule has 29 heavy (non-hydrogen) atoms. The summed E-state index contributed by atoms with van der Waals surface area (Å²) in [6.45, 7) is 9.27. The molecule has 156 valence electrons. The van der Waals surface area contributed by atoms with E-state index in [1.165, 1.54) is 11.1 Å². The summed E-state index contributed by atoms with van der Waals surface area (Å²) in [7, 11) is 1.87. The molecule has 1 fully saturated rings. The van der Waals surface area contributed by atoms with Crippen molar-refractivity contribution in [3.63, 3.8) is 0 Å². The van der Waals surface area contributed by atoms with E-state index in [-0.39, 0.29) is 23.8 Å². The first-order chi connectivity index (χ1) is 13.8. The third-order valence-electron chi connectivity index (χ3n) is 6.14. The second-order valence-electron chi connectivity index (χ2n) is 8.10. The van der Waals surface area contributed by atoms with Gasteiger partial charge in [0.05, 0.1) is 17.7 Å². The van der Waals surface area contributed by atoms with Gasteiger partial charge in [-0.25, -0.2) is 0 Å². The number of nitrogens with zero attached hydrogens (tertiary/aromatic N) is 3. The molecule has 0 radical (unpaired) electrons. The van der Waals surface area contributed by atoms with Gasteiger partial charge < -0.3 is 9.80 Å². The van der Waals surface area contributed by atoms with Crippen LogP contribution in [-0.4, -0.2) is 51.9 Å². The number of amides is 2. The number of carbonyl (C=O) groups excluding carboxylic acids is 2. The van der Waals surface area contributed by atoms with E-state index in [1.54, 1.807) is 0 Å². The molecule has 1 aliphatic rings. The Morgan fingerprint density at radius 1 is 1.24 bits per heavy atom. The van der Waals surface area contributed by atoms with Crippen molar-refractivity contribution >= 4 is 11.8 Å². The van der Waals surface area contributed by atoms with E-state index in [0.717, 1.165) is 23.4 Å². The van der Waals surface area contributed by atoms with Crippen molar-refractivity contribution in [2.75, 3.05) is 20.1 Å². The average molecular weight is 397 g/mol. The van der Waals surface area contributed by atoms with Crippen LogP contribution in [0.1, 0.15) is 53.9 Å². The Bertz CT molecular complexity index is 852. The Morgan fingerprint density at radius 3 is 2.52 bits per heavy atom. The predicted molar refractivity (Wildman–Crippen MR) is 113 cm³/mol. The molecule has 0 saturated carbocycles. The van der Waals surface area contributed by atoms with Crippen molar-refractivity contribution < 1.29 is 9.59 Å². The predicted octanol–water partition coefficient (Wildman–Crippen LogP) is 3.34. The Kier molecular flexibility index (Phi) is 6.40. The van der Waals surface area contributed by atoms with Crippen molar-refractivity contribution in [2.45, 2.75) is 53.0 Å². The minimum Gasteiger partial charge on any atom is -0.345 e. The molecular weight excluding hydrogens is 364 g/mol. The SMILES string of the molecule is CCN1C(=O)CC[C@@H](C(=O)N(C)CCc2c(C)n[nH]c2C)[C@@H]1c1ccc(C)cc1. The van der Waals surface area contributed by atoms with Crippen LogP contribution in [0.3, 0.4) is 0 Å². The number of likely N-dealkylation sites (N-methyl/N-ethyl adjacent to an activating group) is 1. The van der Waals surface area contributed by atoms with Crippen molar-refractivity contribution in [2.24, 2.45) is 5.92 Å². The lowest BCUT2D eigenvalue weighted by molar-refractivity contribution is -0.147. The fourth-order valence-corrected chi connectivity index (χ4v) is 4.38. The van der Waals surface area contributed by atoms with Crippen LogP contribution in [0.5, 0.6) is 0 Å². The molecule has 1 aromatic carbocycles. The monoisotopic (exact) mass is 396 g/mol. The first-order valence-corrected chi connectivity index (χ1v) is 10.4. The van der Waals surface area contributed by atoms with Gasteiger partial charge in [-0.3, -0.25) is 14.7 Å². The fraction of sp³-hybridized carbons (Fsp3) is 0.522. The number of aromatic amines is 1. The molecule has 1 saturated heterocycles. The molecular formula is C23H32N4O2. The highest BCUT2D eigenvalue weighted by atomic mass is 16.2. The third-order valence-corrected chi connectivity index (χ3v) is 6.14. The Morgan fingerprint density at radius 2 is 1.93 bits per heavy atom. The molecule has 0 aliphatic carbocycles. The lowest BCUT2D eigenvalue weighted by Crippen LogP contribution is -2.48. The maximum absolute atomic E-state index is 13.4. The van der Waals surface area contributed by atoms with Gasteiger partial charge in [0.15, 0.2) is 0 Å². The summed E-state index contributed by atoms with van der Waals surface area (Å²) in [5.74, 6) is 0.0293. The summed E-state index contributed by atoms with van der Waals surface area (Å²) in [6.07, 6.45) is 1.80. The number of rotatable bonds is 6. The number of benzene rings is 1. The zero-order valence-corrected chi connectivity index (χ0v) is 18.2. The highest BCUT2D eigenvalue weighted by Gasteiger charge is 2.40. The molecule has 0 bridgehead atoms. The molecule has 6 heteroatoms. The van der Waals surface area contributed by atoms with Gasteiger partial charge in [0.1, 0.15) is 0 Å². The summed E-state index contributed by atoms with van der Waals surface area (Å²) in [5, 5.41) is 7.25. The van der Waals surface area contributed by atoms with Gasteiger partial charge in [0.2, 0.25) is 11.8 Å². The van der Waals surface area contributed by atoms with Crippen LogP contribution in [0.15, 0.2) is 24.3 Å². The van der Waals surface area contributed by atoms with Gasteiger partial charge in [-0.1, -0.05) is 29.8 Å². The Balaban J connectivity index is 1.80. The molecule has 2 heterocycles. The number of hydrogen-bond acceptors (Lipinski definition) is 3. The number of hydrogen-bond donors (Lipinski definition) is 1. The first kappa shape index (κ1) is 21.1. The number of piperidine rings is 1. The van der Waals surface area contributed by atoms with E-state index in [9.17, 15) is 9.59 Å². The topological polar surface area (TPSA) is 69.3 Å². The summed E-state index contributed by atoms with van der Waals surface area (Å²) in [4.78, 5) is 29.7. The van der Waals surface area contributed by atoms with Crippen molar-refractivity contribution in [1.82, 2.24) is 20.0 Å². The summed E-state index contributed by atoms with van der Waals surface area (Å²) < 4.78 is 0. The highest BCUT2D eigenvalue weighted by molar-refractivity contribution is 5.85. The smallest absolute Gasteiger partial charge is 0.227 e. The van der Waals surface area contributed by atoms with E-state index in [0.29, 0.717) is 25.9 Å². The molecule has 1 aliphatic heterocycles. The van der Waals surface area contributed by atoms with Crippen LogP contribution < -0.4 is 0 Å². The van der Waals surface area contributed by atoms with Crippen molar-refractivity contribution in [1.29, 1.82) is 0 Å². The second-order valence-corrected chi connectivity index (χ2v) is 8.10. The van der Waals surface area contributed by atoms with Gasteiger partial charge in [-0.05, 0) is 51.7 Å². The molecule has 3 rings (SSSR count). The van der Waals surface area contributed by atoms with Crippen LogP contribution in [0.4, 0.5) is 0 Å². The second kappa shape index (κ2) is 8.80. The summed E-state index contributed by atoms with van der Waals surface area (Å²) in [5.41, 5.74) is 5.43.